The molecular formula is C19H27N3O2. The second kappa shape index (κ2) is 6.71. The molecule has 1 aliphatic carbocycles. The molecule has 3 aliphatic rings. The summed E-state index contributed by atoms with van der Waals surface area (Å²) in [6.45, 7) is 3.60. The van der Waals surface area contributed by atoms with E-state index in [0.717, 1.165) is 56.1 Å². The maximum absolute atomic E-state index is 12.8. The van der Waals surface area contributed by atoms with Gasteiger partial charge >= 0.3 is 6.03 Å². The number of hydrogen-bond acceptors (Lipinski definition) is 3. The van der Waals surface area contributed by atoms with E-state index in [1.165, 1.54) is 12.8 Å². The quantitative estimate of drug-likeness (QED) is 0.926. The van der Waals surface area contributed by atoms with Gasteiger partial charge in [-0.3, -0.25) is 4.98 Å². The van der Waals surface area contributed by atoms with Crippen LogP contribution in [0.1, 0.15) is 56.0 Å². The lowest BCUT2D eigenvalue weighted by Gasteiger charge is -2.33. The number of aromatic nitrogens is 1. The van der Waals surface area contributed by atoms with Crippen LogP contribution >= 0.6 is 0 Å². The number of likely N-dealkylation sites (tertiary alicyclic amines) is 1. The Bertz CT molecular complexity index is 602. The fourth-order valence-electron chi connectivity index (χ4n) is 4.08. The summed E-state index contributed by atoms with van der Waals surface area (Å²) in [7, 11) is 0. The van der Waals surface area contributed by atoms with E-state index < -0.39 is 0 Å². The molecule has 130 valence electrons. The van der Waals surface area contributed by atoms with Crippen LogP contribution in [0, 0.1) is 12.8 Å². The van der Waals surface area contributed by atoms with Crippen molar-refractivity contribution in [3.8, 4) is 0 Å². The van der Waals surface area contributed by atoms with Crippen LogP contribution in [0.3, 0.4) is 0 Å². The molecule has 0 spiro atoms. The lowest BCUT2D eigenvalue weighted by Crippen LogP contribution is -2.48. The smallest absolute Gasteiger partial charge is 0.318 e. The summed E-state index contributed by atoms with van der Waals surface area (Å²) in [5, 5.41) is 3.27. The van der Waals surface area contributed by atoms with Crippen molar-refractivity contribution < 1.29 is 9.53 Å². The highest BCUT2D eigenvalue weighted by atomic mass is 16.5. The number of nitrogens with zero attached hydrogens (tertiary/aromatic N) is 2. The number of aryl methyl sites for hydroxylation is 1. The molecular weight excluding hydrogens is 302 g/mol. The van der Waals surface area contributed by atoms with Crippen LogP contribution in [0.25, 0.3) is 0 Å². The molecule has 0 unspecified atom stereocenters. The predicted molar refractivity (Wildman–Crippen MR) is 91.7 cm³/mol. The zero-order valence-corrected chi connectivity index (χ0v) is 14.4. The lowest BCUT2D eigenvalue weighted by atomic mass is 10.0. The molecule has 24 heavy (non-hydrogen) atoms. The molecule has 2 amide bonds. The van der Waals surface area contributed by atoms with Gasteiger partial charge in [0.15, 0.2) is 0 Å². The first-order valence-corrected chi connectivity index (χ1v) is 9.33. The van der Waals surface area contributed by atoms with Gasteiger partial charge in [0.05, 0.1) is 17.8 Å². The van der Waals surface area contributed by atoms with Crippen LogP contribution in [0.2, 0.25) is 0 Å². The van der Waals surface area contributed by atoms with E-state index in [2.05, 4.69) is 10.3 Å². The Labute approximate surface area is 143 Å². The van der Waals surface area contributed by atoms with E-state index in [4.69, 9.17) is 4.74 Å². The average molecular weight is 329 g/mol. The van der Waals surface area contributed by atoms with Crippen molar-refractivity contribution >= 4 is 6.03 Å². The standard InChI is InChI=1S/C19H27N3O2/c1-13-4-2-5-16(20-13)17-6-3-10-22(17)19(23)21-15-9-11-24-18(12-15)14-7-8-14/h2,4-5,14-15,17-18H,3,6-12H2,1H3,(H,21,23)/t15-,17-,18+/m0/s1. The first-order chi connectivity index (χ1) is 11.7. The van der Waals surface area contributed by atoms with Crippen LogP contribution in [-0.2, 0) is 4.74 Å². The topological polar surface area (TPSA) is 54.5 Å². The summed E-state index contributed by atoms with van der Waals surface area (Å²) < 4.78 is 5.87. The van der Waals surface area contributed by atoms with Crippen LogP contribution in [-0.4, -0.2) is 41.2 Å². The molecule has 1 saturated carbocycles. The largest absolute Gasteiger partial charge is 0.378 e. The van der Waals surface area contributed by atoms with Gasteiger partial charge < -0.3 is 15.0 Å². The number of amides is 2. The van der Waals surface area contributed by atoms with Crippen LogP contribution in [0.15, 0.2) is 18.2 Å². The molecule has 3 heterocycles. The van der Waals surface area contributed by atoms with E-state index in [1.807, 2.05) is 30.0 Å². The maximum Gasteiger partial charge on any atom is 0.318 e. The summed E-state index contributed by atoms with van der Waals surface area (Å²) in [4.78, 5) is 19.4. The maximum atomic E-state index is 12.8. The minimum atomic E-state index is 0.0715. The van der Waals surface area contributed by atoms with E-state index >= 15 is 0 Å². The van der Waals surface area contributed by atoms with Gasteiger partial charge in [-0.1, -0.05) is 6.07 Å². The van der Waals surface area contributed by atoms with E-state index in [9.17, 15) is 4.79 Å². The second-order valence-electron chi connectivity index (χ2n) is 7.47. The van der Waals surface area contributed by atoms with Gasteiger partial charge in [0.1, 0.15) is 0 Å². The molecule has 1 aromatic rings. The number of rotatable bonds is 3. The minimum absolute atomic E-state index is 0.0715. The number of pyridine rings is 1. The normalized spacial score (nSPS) is 30.4. The Balaban J connectivity index is 1.39. The molecule has 5 nitrogen and oxygen atoms in total. The van der Waals surface area contributed by atoms with Crippen molar-refractivity contribution in [1.29, 1.82) is 0 Å². The van der Waals surface area contributed by atoms with Crippen molar-refractivity contribution in [2.75, 3.05) is 13.2 Å². The van der Waals surface area contributed by atoms with Crippen molar-refractivity contribution in [1.82, 2.24) is 15.2 Å². The van der Waals surface area contributed by atoms with E-state index in [1.54, 1.807) is 0 Å². The minimum Gasteiger partial charge on any atom is -0.378 e. The van der Waals surface area contributed by atoms with Gasteiger partial charge in [-0.25, -0.2) is 4.79 Å². The van der Waals surface area contributed by atoms with E-state index in [-0.39, 0.29) is 18.1 Å². The first kappa shape index (κ1) is 15.9. The Morgan fingerprint density at radius 1 is 1.29 bits per heavy atom. The summed E-state index contributed by atoms with van der Waals surface area (Å²) in [6, 6.07) is 6.52. The Hall–Kier alpha value is -1.62. The summed E-state index contributed by atoms with van der Waals surface area (Å²) in [5.41, 5.74) is 2.03. The van der Waals surface area contributed by atoms with Gasteiger partial charge in [-0.2, -0.15) is 0 Å². The van der Waals surface area contributed by atoms with Gasteiger partial charge in [0.25, 0.3) is 0 Å². The Morgan fingerprint density at radius 3 is 2.96 bits per heavy atom. The number of urea groups is 1. The monoisotopic (exact) mass is 329 g/mol. The molecule has 4 rings (SSSR count). The number of carbonyl (C=O) groups excluding carboxylic acids is 1. The molecule has 0 aromatic carbocycles. The zero-order valence-electron chi connectivity index (χ0n) is 14.4. The highest BCUT2D eigenvalue weighted by Crippen LogP contribution is 2.38. The van der Waals surface area contributed by atoms with Crippen molar-refractivity contribution in [2.45, 2.75) is 63.6 Å². The van der Waals surface area contributed by atoms with Crippen LogP contribution in [0.5, 0.6) is 0 Å². The highest BCUT2D eigenvalue weighted by Gasteiger charge is 2.37. The zero-order chi connectivity index (χ0) is 16.5. The van der Waals surface area contributed by atoms with Crippen molar-refractivity contribution in [3.05, 3.63) is 29.6 Å². The van der Waals surface area contributed by atoms with Crippen LogP contribution in [0.4, 0.5) is 4.79 Å². The fourth-order valence-corrected chi connectivity index (χ4v) is 4.08. The number of nitrogens with one attached hydrogen (secondary N) is 1. The van der Waals surface area contributed by atoms with Crippen LogP contribution < -0.4 is 5.32 Å². The molecule has 3 atom stereocenters. The van der Waals surface area contributed by atoms with E-state index in [0.29, 0.717) is 6.10 Å². The third kappa shape index (κ3) is 3.41. The second-order valence-corrected chi connectivity index (χ2v) is 7.47. The Kier molecular flexibility index (Phi) is 4.44. The summed E-state index contributed by atoms with van der Waals surface area (Å²) in [5.74, 6) is 0.737. The predicted octanol–water partition coefficient (Wildman–Crippen LogP) is 3.19. The molecule has 1 N–H and O–H groups in total. The summed E-state index contributed by atoms with van der Waals surface area (Å²) >= 11 is 0. The fraction of sp³-hybridized carbons (Fsp3) is 0.684. The van der Waals surface area contributed by atoms with Gasteiger partial charge in [0.2, 0.25) is 0 Å². The number of hydrogen-bond donors (Lipinski definition) is 1. The van der Waals surface area contributed by atoms with Crippen molar-refractivity contribution in [2.24, 2.45) is 5.92 Å². The third-order valence-electron chi connectivity index (χ3n) is 5.56. The lowest BCUT2D eigenvalue weighted by molar-refractivity contribution is -0.00989. The highest BCUT2D eigenvalue weighted by molar-refractivity contribution is 5.75. The number of ether oxygens (including phenoxy) is 1. The molecule has 2 aliphatic heterocycles. The Morgan fingerprint density at radius 2 is 2.17 bits per heavy atom. The number of carbonyl (C=O) groups is 1. The molecule has 5 heteroatoms. The van der Waals surface area contributed by atoms with Gasteiger partial charge in [-0.05, 0) is 63.5 Å². The SMILES string of the molecule is Cc1cccc([C@@H]2CCCN2C(=O)N[C@H]2CCO[C@@H](C3CC3)C2)n1. The van der Waals surface area contributed by atoms with Crippen molar-refractivity contribution in [3.63, 3.8) is 0 Å². The molecule has 3 fully saturated rings. The average Bonchev–Trinajstić information content (AvgIpc) is 3.31. The van der Waals surface area contributed by atoms with Gasteiger partial charge in [-0.15, -0.1) is 0 Å². The third-order valence-corrected chi connectivity index (χ3v) is 5.56. The molecule has 2 saturated heterocycles. The first-order valence-electron chi connectivity index (χ1n) is 9.33. The molecule has 0 radical (unpaired) electrons. The van der Waals surface area contributed by atoms with Gasteiger partial charge in [0, 0.05) is 24.9 Å². The molecule has 0 bridgehead atoms. The summed E-state index contributed by atoms with van der Waals surface area (Å²) in [6.07, 6.45) is 6.89. The molecule has 1 aromatic heterocycles.